The van der Waals surface area contributed by atoms with Crippen molar-refractivity contribution in [2.24, 2.45) is 0 Å². The maximum absolute atomic E-state index is 12.1. The largest absolute Gasteiger partial charge is 0.480 e. The minimum atomic E-state index is -1.08. The zero-order chi connectivity index (χ0) is 14.0. The molecule has 0 radical (unpaired) electrons. The first kappa shape index (κ1) is 13.5. The third-order valence-corrected chi connectivity index (χ3v) is 3.32. The Balaban J connectivity index is 2.11. The second-order valence-corrected chi connectivity index (χ2v) is 4.73. The summed E-state index contributed by atoms with van der Waals surface area (Å²) in [5.74, 6) is -1.40. The topological polar surface area (TPSA) is 90.7 Å². The van der Waals surface area contributed by atoms with E-state index in [0.29, 0.717) is 5.69 Å². The number of carbonyl (C=O) groups excluding carboxylic acids is 1. The molecule has 0 aromatic carbocycles. The van der Waals surface area contributed by atoms with Crippen molar-refractivity contribution in [1.29, 1.82) is 0 Å². The van der Waals surface area contributed by atoms with Crippen LogP contribution in [0.5, 0.6) is 0 Å². The number of amides is 1. The summed E-state index contributed by atoms with van der Waals surface area (Å²) >= 11 is 0. The molecule has 2 heterocycles. The van der Waals surface area contributed by atoms with Crippen LogP contribution in [0.15, 0.2) is 18.3 Å². The number of aryl methyl sites for hydroxylation is 1. The molecule has 19 heavy (non-hydrogen) atoms. The number of carbonyl (C=O) groups is 2. The number of hydrogen-bond donors (Lipinski definition) is 2. The van der Waals surface area contributed by atoms with Gasteiger partial charge in [0.15, 0.2) is 0 Å². The third kappa shape index (κ3) is 2.90. The van der Waals surface area contributed by atoms with Gasteiger partial charge in [-0.15, -0.1) is 0 Å². The third-order valence-electron chi connectivity index (χ3n) is 3.32. The van der Waals surface area contributed by atoms with Gasteiger partial charge >= 0.3 is 5.97 Å². The van der Waals surface area contributed by atoms with E-state index in [2.05, 4.69) is 4.98 Å². The quantitative estimate of drug-likeness (QED) is 0.800. The molecule has 0 saturated carbocycles. The molecule has 1 fully saturated rings. The van der Waals surface area contributed by atoms with Gasteiger partial charge in [-0.1, -0.05) is 6.07 Å². The van der Waals surface area contributed by atoms with Gasteiger partial charge < -0.3 is 15.1 Å². The van der Waals surface area contributed by atoms with Crippen LogP contribution in [-0.4, -0.2) is 50.7 Å². The second-order valence-electron chi connectivity index (χ2n) is 4.73. The average molecular weight is 264 g/mol. The van der Waals surface area contributed by atoms with Crippen molar-refractivity contribution in [1.82, 2.24) is 9.88 Å². The predicted octanol–water partition coefficient (Wildman–Crippen LogP) is -0.0211. The maximum Gasteiger partial charge on any atom is 0.326 e. The number of nitrogens with zero attached hydrogens (tertiary/aromatic N) is 2. The van der Waals surface area contributed by atoms with Crippen LogP contribution in [-0.2, 0) is 16.0 Å². The van der Waals surface area contributed by atoms with Gasteiger partial charge in [0.25, 0.3) is 0 Å². The molecule has 102 valence electrons. The highest BCUT2D eigenvalue weighted by Gasteiger charge is 2.38. The number of aliphatic hydroxyl groups excluding tert-OH is 1. The lowest BCUT2D eigenvalue weighted by Crippen LogP contribution is -2.41. The molecule has 2 N–H and O–H groups in total. The summed E-state index contributed by atoms with van der Waals surface area (Å²) < 4.78 is 0. The number of pyridine rings is 1. The van der Waals surface area contributed by atoms with E-state index >= 15 is 0 Å². The molecule has 2 rings (SSSR count). The van der Waals surface area contributed by atoms with E-state index in [9.17, 15) is 14.7 Å². The van der Waals surface area contributed by atoms with E-state index in [1.165, 1.54) is 4.90 Å². The standard InChI is InChI=1S/C13H16N2O4/c1-8-3-2-4-14-10(8)6-12(17)15-7-9(16)5-11(15)13(18)19/h2-4,9,11,16H,5-7H2,1H3,(H,18,19)/t9-,11+/m1/s1. The summed E-state index contributed by atoms with van der Waals surface area (Å²) in [6, 6.07) is 2.69. The van der Waals surface area contributed by atoms with E-state index in [4.69, 9.17) is 5.11 Å². The molecular weight excluding hydrogens is 248 g/mol. The van der Waals surface area contributed by atoms with Crippen LogP contribution in [0.4, 0.5) is 0 Å². The molecule has 6 nitrogen and oxygen atoms in total. The summed E-state index contributed by atoms with van der Waals surface area (Å²) in [4.78, 5) is 28.5. The highest BCUT2D eigenvalue weighted by atomic mass is 16.4. The van der Waals surface area contributed by atoms with Crippen LogP contribution in [0.3, 0.4) is 0 Å². The average Bonchev–Trinajstić information content (AvgIpc) is 2.74. The first-order valence-electron chi connectivity index (χ1n) is 6.10. The fourth-order valence-electron chi connectivity index (χ4n) is 2.27. The van der Waals surface area contributed by atoms with Gasteiger partial charge in [-0.25, -0.2) is 4.79 Å². The Labute approximate surface area is 110 Å². The molecule has 1 saturated heterocycles. The first-order valence-corrected chi connectivity index (χ1v) is 6.10. The monoisotopic (exact) mass is 264 g/mol. The smallest absolute Gasteiger partial charge is 0.326 e. The SMILES string of the molecule is Cc1cccnc1CC(=O)N1C[C@H](O)C[C@H]1C(=O)O. The molecule has 6 heteroatoms. The van der Waals surface area contributed by atoms with Crippen LogP contribution in [0, 0.1) is 6.92 Å². The van der Waals surface area contributed by atoms with Crippen molar-refractivity contribution >= 4 is 11.9 Å². The number of aliphatic carboxylic acids is 1. The lowest BCUT2D eigenvalue weighted by molar-refractivity contribution is -0.148. The summed E-state index contributed by atoms with van der Waals surface area (Å²) in [7, 11) is 0. The van der Waals surface area contributed by atoms with Gasteiger partial charge in [-0.2, -0.15) is 0 Å². The van der Waals surface area contributed by atoms with Gasteiger partial charge in [0.1, 0.15) is 6.04 Å². The van der Waals surface area contributed by atoms with Crippen molar-refractivity contribution in [2.45, 2.75) is 31.9 Å². The minimum absolute atomic E-state index is 0.0587. The highest BCUT2D eigenvalue weighted by molar-refractivity contribution is 5.85. The molecule has 1 aliphatic heterocycles. The number of rotatable bonds is 3. The number of aromatic nitrogens is 1. The summed E-state index contributed by atoms with van der Waals surface area (Å²) in [5, 5.41) is 18.6. The number of likely N-dealkylation sites (tertiary alicyclic amines) is 1. The summed E-state index contributed by atoms with van der Waals surface area (Å²) in [6.45, 7) is 1.92. The summed E-state index contributed by atoms with van der Waals surface area (Å²) in [6.07, 6.45) is 0.976. The van der Waals surface area contributed by atoms with Gasteiger partial charge in [0, 0.05) is 19.2 Å². The molecule has 1 aromatic heterocycles. The van der Waals surface area contributed by atoms with Gasteiger partial charge in [0.05, 0.1) is 18.2 Å². The van der Waals surface area contributed by atoms with E-state index in [1.54, 1.807) is 12.3 Å². The van der Waals surface area contributed by atoms with Crippen molar-refractivity contribution in [3.63, 3.8) is 0 Å². The zero-order valence-corrected chi connectivity index (χ0v) is 10.6. The molecule has 0 aliphatic carbocycles. The lowest BCUT2D eigenvalue weighted by atomic mass is 10.1. The van der Waals surface area contributed by atoms with Crippen LogP contribution in [0.25, 0.3) is 0 Å². The number of carboxylic acid groups (broad SMARTS) is 1. The van der Waals surface area contributed by atoms with Gasteiger partial charge in [0.2, 0.25) is 5.91 Å². The molecule has 0 spiro atoms. The zero-order valence-electron chi connectivity index (χ0n) is 10.6. The molecule has 2 atom stereocenters. The van der Waals surface area contributed by atoms with Crippen LogP contribution < -0.4 is 0 Å². The van der Waals surface area contributed by atoms with E-state index in [1.807, 2.05) is 13.0 Å². The van der Waals surface area contributed by atoms with Crippen LogP contribution >= 0.6 is 0 Å². The molecule has 1 aromatic rings. The highest BCUT2D eigenvalue weighted by Crippen LogP contribution is 2.19. The maximum atomic E-state index is 12.1. The fourth-order valence-corrected chi connectivity index (χ4v) is 2.27. The Morgan fingerprint density at radius 2 is 2.26 bits per heavy atom. The fraction of sp³-hybridized carbons (Fsp3) is 0.462. The van der Waals surface area contributed by atoms with Gasteiger partial charge in [-0.05, 0) is 18.6 Å². The Morgan fingerprint density at radius 1 is 1.53 bits per heavy atom. The van der Waals surface area contributed by atoms with Crippen molar-refractivity contribution in [3.8, 4) is 0 Å². The van der Waals surface area contributed by atoms with Crippen molar-refractivity contribution < 1.29 is 19.8 Å². The molecule has 1 aliphatic rings. The molecule has 0 unspecified atom stereocenters. The molecule has 1 amide bonds. The second kappa shape index (κ2) is 5.36. The Hall–Kier alpha value is -1.95. The van der Waals surface area contributed by atoms with E-state index in [-0.39, 0.29) is 25.3 Å². The molecular formula is C13H16N2O4. The molecule has 0 bridgehead atoms. The van der Waals surface area contributed by atoms with E-state index in [0.717, 1.165) is 5.56 Å². The van der Waals surface area contributed by atoms with Crippen LogP contribution in [0.1, 0.15) is 17.7 Å². The van der Waals surface area contributed by atoms with Crippen LogP contribution in [0.2, 0.25) is 0 Å². The normalized spacial score (nSPS) is 22.5. The number of hydrogen-bond acceptors (Lipinski definition) is 4. The Bertz CT molecular complexity index is 503. The summed E-state index contributed by atoms with van der Waals surface area (Å²) in [5.41, 5.74) is 1.53. The van der Waals surface area contributed by atoms with Crippen molar-refractivity contribution in [2.75, 3.05) is 6.54 Å². The number of carboxylic acids is 1. The van der Waals surface area contributed by atoms with E-state index < -0.39 is 18.1 Å². The Kier molecular flexibility index (Phi) is 3.80. The van der Waals surface area contributed by atoms with Crippen molar-refractivity contribution in [3.05, 3.63) is 29.6 Å². The predicted molar refractivity (Wildman–Crippen MR) is 66.4 cm³/mol. The van der Waals surface area contributed by atoms with Gasteiger partial charge in [-0.3, -0.25) is 9.78 Å². The number of β-amino-alcohol motifs (C(OH)–C–C–N with tert-alkyl or cyclic N) is 1. The minimum Gasteiger partial charge on any atom is -0.480 e. The number of aliphatic hydroxyl groups is 1. The first-order chi connectivity index (χ1) is 8.99. The Morgan fingerprint density at radius 3 is 2.89 bits per heavy atom. The lowest BCUT2D eigenvalue weighted by Gasteiger charge is -2.21.